The van der Waals surface area contributed by atoms with Crippen LogP contribution in [0, 0.1) is 0 Å². The van der Waals surface area contributed by atoms with E-state index >= 15 is 0 Å². The number of hydrogen-bond acceptors (Lipinski definition) is 9. The van der Waals surface area contributed by atoms with Gasteiger partial charge in [-0.25, -0.2) is 0 Å². The second-order valence-corrected chi connectivity index (χ2v) is 6.20. The van der Waals surface area contributed by atoms with Gasteiger partial charge in [0.15, 0.2) is 6.29 Å². The van der Waals surface area contributed by atoms with Crippen LogP contribution in [0.25, 0.3) is 0 Å². The van der Waals surface area contributed by atoms with Gasteiger partial charge in [0.25, 0.3) is 0 Å². The van der Waals surface area contributed by atoms with Gasteiger partial charge in [-0.1, -0.05) is 6.92 Å². The number of carbonyl (C=O) groups is 1. The van der Waals surface area contributed by atoms with Gasteiger partial charge in [-0.15, -0.1) is 0 Å². The summed E-state index contributed by atoms with van der Waals surface area (Å²) < 4.78 is 26.5. The fourth-order valence-electron chi connectivity index (χ4n) is 2.43. The molecule has 0 radical (unpaired) electrons. The molecule has 1 fully saturated rings. The Labute approximate surface area is 159 Å². The average molecular weight is 395 g/mol. The molecule has 0 saturated carbocycles. The van der Waals surface area contributed by atoms with Gasteiger partial charge in [-0.2, -0.15) is 0 Å². The molecule has 0 aliphatic carbocycles. The Kier molecular flexibility index (Phi) is 12.7. The second-order valence-electron chi connectivity index (χ2n) is 6.20. The quantitative estimate of drug-likeness (QED) is 0.257. The molecule has 4 N–H and O–H groups in total. The fourth-order valence-corrected chi connectivity index (χ4v) is 2.43. The monoisotopic (exact) mass is 395 g/mol. The molecular formula is C17H33NO9. The van der Waals surface area contributed by atoms with Crippen molar-refractivity contribution in [1.82, 2.24) is 5.32 Å². The van der Waals surface area contributed by atoms with Gasteiger partial charge in [-0.3, -0.25) is 4.79 Å². The van der Waals surface area contributed by atoms with Crippen molar-refractivity contribution in [2.75, 3.05) is 53.3 Å². The van der Waals surface area contributed by atoms with Crippen molar-refractivity contribution in [3.8, 4) is 0 Å². The first-order chi connectivity index (χ1) is 13.0. The average Bonchev–Trinajstić information content (AvgIpc) is 2.68. The van der Waals surface area contributed by atoms with E-state index in [2.05, 4.69) is 5.32 Å². The molecule has 1 saturated heterocycles. The van der Waals surface area contributed by atoms with Crippen molar-refractivity contribution >= 4 is 5.91 Å². The van der Waals surface area contributed by atoms with Gasteiger partial charge >= 0.3 is 0 Å². The molecular weight excluding hydrogens is 362 g/mol. The first kappa shape index (κ1) is 24.2. The van der Waals surface area contributed by atoms with Gasteiger partial charge in [-0.05, 0) is 6.42 Å². The molecule has 5 atom stereocenters. The molecule has 1 aliphatic rings. The molecule has 1 rings (SSSR count). The number of hydrogen-bond donors (Lipinski definition) is 4. The maximum atomic E-state index is 11.8. The van der Waals surface area contributed by atoms with Crippen molar-refractivity contribution in [2.24, 2.45) is 0 Å². The molecule has 0 spiro atoms. The summed E-state index contributed by atoms with van der Waals surface area (Å²) in [6.45, 7) is 2.99. The van der Waals surface area contributed by atoms with E-state index in [4.69, 9.17) is 23.7 Å². The summed E-state index contributed by atoms with van der Waals surface area (Å²) in [5.74, 6) is -0.329. The summed E-state index contributed by atoms with van der Waals surface area (Å²) in [5.41, 5.74) is 0. The van der Waals surface area contributed by atoms with E-state index in [9.17, 15) is 20.1 Å². The van der Waals surface area contributed by atoms with Gasteiger partial charge in [0.05, 0.1) is 45.2 Å². The van der Waals surface area contributed by atoms with E-state index in [0.29, 0.717) is 32.8 Å². The Morgan fingerprint density at radius 1 is 1.30 bits per heavy atom. The van der Waals surface area contributed by atoms with Crippen molar-refractivity contribution in [3.63, 3.8) is 0 Å². The van der Waals surface area contributed by atoms with Crippen LogP contribution in [0.4, 0.5) is 0 Å². The molecule has 10 heteroatoms. The van der Waals surface area contributed by atoms with Crippen molar-refractivity contribution in [1.29, 1.82) is 0 Å². The third-order valence-corrected chi connectivity index (χ3v) is 4.12. The molecule has 0 aromatic carbocycles. The van der Waals surface area contributed by atoms with E-state index in [-0.39, 0.29) is 32.1 Å². The normalized spacial score (nSPS) is 26.7. The van der Waals surface area contributed by atoms with E-state index in [0.717, 1.165) is 0 Å². The molecule has 27 heavy (non-hydrogen) atoms. The Bertz CT molecular complexity index is 385. The number of rotatable bonds is 14. The van der Waals surface area contributed by atoms with Gasteiger partial charge in [0, 0.05) is 20.1 Å². The number of carbonyl (C=O) groups excluding carboxylic acids is 1. The lowest BCUT2D eigenvalue weighted by molar-refractivity contribution is -0.259. The Balaban J connectivity index is 2.07. The number of nitrogens with one attached hydrogen (secondary N) is 1. The lowest BCUT2D eigenvalue weighted by Gasteiger charge is -2.37. The summed E-state index contributed by atoms with van der Waals surface area (Å²) in [4.78, 5) is 11.8. The SMILES string of the molecule is CCC(O)COCCOCCNC(=O)COC1CC(OC)C(O)C(CO)O1. The summed E-state index contributed by atoms with van der Waals surface area (Å²) in [5, 5.41) is 31.1. The minimum Gasteiger partial charge on any atom is -0.394 e. The van der Waals surface area contributed by atoms with Gasteiger partial charge in [0.1, 0.15) is 18.8 Å². The fraction of sp³-hybridized carbons (Fsp3) is 0.941. The zero-order valence-electron chi connectivity index (χ0n) is 16.0. The summed E-state index contributed by atoms with van der Waals surface area (Å²) in [6, 6.07) is 0. The lowest BCUT2D eigenvalue weighted by atomic mass is 10.0. The third kappa shape index (κ3) is 9.77. The molecule has 1 aliphatic heterocycles. The highest BCUT2D eigenvalue weighted by atomic mass is 16.7. The lowest BCUT2D eigenvalue weighted by Crippen LogP contribution is -2.51. The maximum absolute atomic E-state index is 11.8. The molecule has 0 aromatic rings. The van der Waals surface area contributed by atoms with E-state index in [1.807, 2.05) is 6.92 Å². The van der Waals surface area contributed by atoms with Crippen LogP contribution >= 0.6 is 0 Å². The van der Waals surface area contributed by atoms with Crippen LogP contribution in [0.2, 0.25) is 0 Å². The molecule has 1 heterocycles. The molecule has 160 valence electrons. The Morgan fingerprint density at radius 3 is 2.70 bits per heavy atom. The number of aliphatic hydroxyl groups is 3. The first-order valence-corrected chi connectivity index (χ1v) is 9.20. The topological polar surface area (TPSA) is 136 Å². The zero-order valence-corrected chi connectivity index (χ0v) is 16.0. The van der Waals surface area contributed by atoms with Crippen LogP contribution in [-0.4, -0.2) is 105 Å². The third-order valence-electron chi connectivity index (χ3n) is 4.12. The summed E-state index contributed by atoms with van der Waals surface area (Å²) in [7, 11) is 1.45. The predicted octanol–water partition coefficient (Wildman–Crippen LogP) is -1.59. The van der Waals surface area contributed by atoms with E-state index < -0.39 is 30.7 Å². The highest BCUT2D eigenvalue weighted by molar-refractivity contribution is 5.77. The maximum Gasteiger partial charge on any atom is 0.246 e. The van der Waals surface area contributed by atoms with Crippen molar-refractivity contribution in [3.05, 3.63) is 0 Å². The summed E-state index contributed by atoms with van der Waals surface area (Å²) in [6.07, 6.45) is -2.57. The highest BCUT2D eigenvalue weighted by Gasteiger charge is 2.38. The molecule has 10 nitrogen and oxygen atoms in total. The van der Waals surface area contributed by atoms with Crippen LogP contribution in [0.3, 0.4) is 0 Å². The van der Waals surface area contributed by atoms with Crippen LogP contribution in [0.1, 0.15) is 19.8 Å². The molecule has 5 unspecified atom stereocenters. The highest BCUT2D eigenvalue weighted by Crippen LogP contribution is 2.22. The minimum atomic E-state index is -0.944. The van der Waals surface area contributed by atoms with Gasteiger partial charge in [0.2, 0.25) is 5.91 Å². The standard InChI is InChI=1S/C17H33NO9/c1-3-12(20)10-25-7-6-24-5-4-18-15(21)11-26-16-8-13(23-2)17(22)14(9-19)27-16/h12-14,16-17,19-20,22H,3-11H2,1-2H3,(H,18,21). The number of aliphatic hydroxyl groups excluding tert-OH is 3. The summed E-state index contributed by atoms with van der Waals surface area (Å²) >= 11 is 0. The smallest absolute Gasteiger partial charge is 0.246 e. The van der Waals surface area contributed by atoms with Crippen LogP contribution < -0.4 is 5.32 Å². The molecule has 0 aromatic heterocycles. The second kappa shape index (κ2) is 14.2. The zero-order chi connectivity index (χ0) is 20.1. The van der Waals surface area contributed by atoms with E-state index in [1.165, 1.54) is 7.11 Å². The minimum absolute atomic E-state index is 0.215. The molecule has 1 amide bonds. The van der Waals surface area contributed by atoms with Crippen LogP contribution in [0.15, 0.2) is 0 Å². The van der Waals surface area contributed by atoms with Crippen molar-refractivity contribution < 1.29 is 43.8 Å². The number of ether oxygens (including phenoxy) is 5. The Hall–Kier alpha value is -0.850. The molecule has 0 bridgehead atoms. The van der Waals surface area contributed by atoms with E-state index in [1.54, 1.807) is 0 Å². The largest absolute Gasteiger partial charge is 0.394 e. The number of methoxy groups -OCH3 is 1. The van der Waals surface area contributed by atoms with Crippen LogP contribution in [0.5, 0.6) is 0 Å². The van der Waals surface area contributed by atoms with Gasteiger partial charge < -0.3 is 44.3 Å². The predicted molar refractivity (Wildman–Crippen MR) is 94.1 cm³/mol. The van der Waals surface area contributed by atoms with Crippen molar-refractivity contribution in [2.45, 2.75) is 50.5 Å². The van der Waals surface area contributed by atoms with Crippen LogP contribution in [-0.2, 0) is 28.5 Å². The first-order valence-electron chi connectivity index (χ1n) is 9.20. The Morgan fingerprint density at radius 2 is 2.04 bits per heavy atom. The number of amides is 1.